The van der Waals surface area contributed by atoms with Crippen molar-refractivity contribution in [3.8, 4) is 0 Å². The summed E-state index contributed by atoms with van der Waals surface area (Å²) in [5, 5.41) is 0.540. The zero-order chi connectivity index (χ0) is 26.2. The zero-order valence-electron chi connectivity index (χ0n) is 19.4. The number of nitrogens with one attached hydrogen (secondary N) is 1. The number of hydrogen-bond acceptors (Lipinski definition) is 4. The maximum Gasteiger partial charge on any atom is 0.253 e. The molecule has 0 radical (unpaired) electrons. The first kappa shape index (κ1) is 25.2. The number of benzene rings is 2. The van der Waals surface area contributed by atoms with Gasteiger partial charge in [-0.05, 0) is 53.9 Å². The van der Waals surface area contributed by atoms with Gasteiger partial charge in [-0.1, -0.05) is 12.1 Å². The van der Waals surface area contributed by atoms with Gasteiger partial charge in [-0.3, -0.25) is 14.3 Å². The van der Waals surface area contributed by atoms with Gasteiger partial charge in [0.25, 0.3) is 11.5 Å². The van der Waals surface area contributed by atoms with E-state index < -0.39 is 33.4 Å². The van der Waals surface area contributed by atoms with Crippen LogP contribution in [0.3, 0.4) is 0 Å². The van der Waals surface area contributed by atoms with Crippen LogP contribution in [0.2, 0.25) is 0 Å². The van der Waals surface area contributed by atoms with Crippen LogP contribution < -0.4 is 10.3 Å². The molecule has 0 aliphatic rings. The van der Waals surface area contributed by atoms with Gasteiger partial charge in [-0.15, -0.1) is 0 Å². The summed E-state index contributed by atoms with van der Waals surface area (Å²) in [5.41, 5.74) is 2.60. The maximum atomic E-state index is 14.1. The normalized spacial score (nSPS) is 11.7. The smallest absolute Gasteiger partial charge is 0.253 e. The molecule has 2 aromatic carbocycles. The van der Waals surface area contributed by atoms with Gasteiger partial charge >= 0.3 is 0 Å². The topological polar surface area (TPSA) is 90.2 Å². The van der Waals surface area contributed by atoms with Gasteiger partial charge in [-0.25, -0.2) is 21.6 Å². The van der Waals surface area contributed by atoms with Gasteiger partial charge < -0.3 is 9.13 Å². The predicted molar refractivity (Wildman–Crippen MR) is 129 cm³/mol. The van der Waals surface area contributed by atoms with Crippen molar-refractivity contribution >= 4 is 26.8 Å². The zero-order valence-corrected chi connectivity index (χ0v) is 20.2. The number of hydrogen-bond donors (Lipinski definition) is 1. The third kappa shape index (κ3) is 5.51. The van der Waals surface area contributed by atoms with Crippen LogP contribution >= 0.6 is 0 Å². The Morgan fingerprint density at radius 3 is 2.39 bits per heavy atom. The van der Waals surface area contributed by atoms with E-state index in [0.717, 1.165) is 18.4 Å². The van der Waals surface area contributed by atoms with E-state index in [1.807, 2.05) is 4.72 Å². The number of rotatable bonds is 7. The van der Waals surface area contributed by atoms with Crippen molar-refractivity contribution in [3.63, 3.8) is 0 Å². The Kier molecular flexibility index (Phi) is 6.77. The molecule has 0 saturated heterocycles. The van der Waals surface area contributed by atoms with E-state index in [4.69, 9.17) is 0 Å². The molecular weight excluding hydrogens is 495 g/mol. The minimum Gasteiger partial charge on any atom is -0.335 e. The van der Waals surface area contributed by atoms with Gasteiger partial charge in [0, 0.05) is 35.3 Å². The number of carbonyl (C=O) groups is 1. The first-order valence-electron chi connectivity index (χ1n) is 10.8. The van der Waals surface area contributed by atoms with E-state index in [0.29, 0.717) is 33.3 Å². The highest BCUT2D eigenvalue weighted by atomic mass is 32.2. The Morgan fingerprint density at radius 2 is 1.69 bits per heavy atom. The minimum atomic E-state index is -3.75. The van der Waals surface area contributed by atoms with Crippen LogP contribution in [0.5, 0.6) is 0 Å². The van der Waals surface area contributed by atoms with Gasteiger partial charge in [0.1, 0.15) is 12.4 Å². The van der Waals surface area contributed by atoms with E-state index in [-0.39, 0.29) is 25.1 Å². The summed E-state index contributed by atoms with van der Waals surface area (Å²) in [6, 6.07) is 10.5. The molecule has 0 aliphatic carbocycles. The molecule has 188 valence electrons. The minimum absolute atomic E-state index is 0.0188. The fourth-order valence-corrected chi connectivity index (χ4v) is 4.66. The first-order chi connectivity index (χ1) is 16.9. The monoisotopic (exact) mass is 517 g/mol. The van der Waals surface area contributed by atoms with Crippen molar-refractivity contribution in [1.29, 1.82) is 0 Å². The lowest BCUT2D eigenvalue weighted by Crippen LogP contribution is -2.32. The number of sulfonamides is 1. The van der Waals surface area contributed by atoms with E-state index >= 15 is 0 Å². The van der Waals surface area contributed by atoms with Crippen LogP contribution in [0.25, 0.3) is 10.9 Å². The van der Waals surface area contributed by atoms with Crippen LogP contribution in [0.15, 0.2) is 59.5 Å². The molecule has 1 amide bonds. The van der Waals surface area contributed by atoms with Gasteiger partial charge in [0.2, 0.25) is 10.0 Å². The SMILES string of the molecule is Cc1c(Cc2ccc(=O)n(Cc3ccc(F)c(F)c3)c2)c2cc(F)ccc2n1CC(=O)NS(C)(=O)=O. The molecule has 0 fully saturated rings. The second-order valence-corrected chi connectivity index (χ2v) is 10.3. The van der Waals surface area contributed by atoms with E-state index in [1.165, 1.54) is 34.9 Å². The summed E-state index contributed by atoms with van der Waals surface area (Å²) >= 11 is 0. The summed E-state index contributed by atoms with van der Waals surface area (Å²) in [6.07, 6.45) is 2.73. The fourth-order valence-electron chi connectivity index (χ4n) is 4.18. The molecule has 7 nitrogen and oxygen atoms in total. The number of pyridine rings is 1. The highest BCUT2D eigenvalue weighted by Gasteiger charge is 2.19. The molecule has 4 rings (SSSR count). The van der Waals surface area contributed by atoms with Crippen LogP contribution in [-0.2, 0) is 34.3 Å². The third-order valence-corrected chi connectivity index (χ3v) is 6.38. The number of fused-ring (bicyclic) bond motifs is 1. The van der Waals surface area contributed by atoms with E-state index in [9.17, 15) is 31.2 Å². The molecule has 1 N–H and O–H groups in total. The quantitative estimate of drug-likeness (QED) is 0.408. The molecule has 4 aromatic rings. The maximum absolute atomic E-state index is 14.1. The Bertz CT molecular complexity index is 1660. The molecule has 0 aliphatic heterocycles. The Hall–Kier alpha value is -3.86. The predicted octanol–water partition coefficient (Wildman–Crippen LogP) is 3.24. The Balaban J connectivity index is 1.71. The van der Waals surface area contributed by atoms with E-state index in [1.54, 1.807) is 23.8 Å². The van der Waals surface area contributed by atoms with Crippen molar-refractivity contribution in [2.45, 2.75) is 26.4 Å². The third-order valence-electron chi connectivity index (χ3n) is 5.78. The van der Waals surface area contributed by atoms with Crippen molar-refractivity contribution < 1.29 is 26.4 Å². The molecule has 0 atom stereocenters. The number of nitrogens with zero attached hydrogens (tertiary/aromatic N) is 2. The van der Waals surface area contributed by atoms with Crippen molar-refractivity contribution in [2.24, 2.45) is 0 Å². The Labute approximate surface area is 204 Å². The summed E-state index contributed by atoms with van der Waals surface area (Å²) in [7, 11) is -3.75. The van der Waals surface area contributed by atoms with Gasteiger partial charge in [0.05, 0.1) is 12.8 Å². The average molecular weight is 518 g/mol. The second-order valence-electron chi connectivity index (χ2n) is 8.54. The fraction of sp³-hybridized carbons (Fsp3) is 0.200. The van der Waals surface area contributed by atoms with Gasteiger partial charge in [0.15, 0.2) is 11.6 Å². The van der Waals surface area contributed by atoms with Crippen molar-refractivity contribution in [3.05, 3.63) is 105 Å². The van der Waals surface area contributed by atoms with E-state index in [2.05, 4.69) is 0 Å². The summed E-state index contributed by atoms with van der Waals surface area (Å²) in [4.78, 5) is 24.7. The molecule has 2 heterocycles. The standard InChI is InChI=1S/C25H22F3N3O4S/c1-15-19(20-11-18(26)5-7-23(20)31(15)14-24(32)29-36(2,34)35)9-16-4-8-25(33)30(12-16)13-17-3-6-21(27)22(28)10-17/h3-8,10-12H,9,13-14H2,1-2H3,(H,29,32). The highest BCUT2D eigenvalue weighted by molar-refractivity contribution is 7.89. The van der Waals surface area contributed by atoms with Crippen molar-refractivity contribution in [1.82, 2.24) is 13.9 Å². The average Bonchev–Trinajstić information content (AvgIpc) is 3.02. The lowest BCUT2D eigenvalue weighted by atomic mass is 10.0. The highest BCUT2D eigenvalue weighted by Crippen LogP contribution is 2.29. The molecule has 0 spiro atoms. The molecule has 0 unspecified atom stereocenters. The molecule has 0 saturated carbocycles. The largest absolute Gasteiger partial charge is 0.335 e. The molecular formula is C25H22F3N3O4S. The van der Waals surface area contributed by atoms with Crippen LogP contribution in [0.4, 0.5) is 13.2 Å². The molecule has 0 bridgehead atoms. The second kappa shape index (κ2) is 9.65. The van der Waals surface area contributed by atoms with Crippen molar-refractivity contribution in [2.75, 3.05) is 6.26 Å². The van der Waals surface area contributed by atoms with Gasteiger partial charge in [-0.2, -0.15) is 0 Å². The lowest BCUT2D eigenvalue weighted by molar-refractivity contribution is -0.119. The molecule has 2 aromatic heterocycles. The summed E-state index contributed by atoms with van der Waals surface area (Å²) in [5.74, 6) is -3.22. The molecule has 36 heavy (non-hydrogen) atoms. The number of carbonyl (C=O) groups excluding carboxylic acids is 1. The summed E-state index contributed by atoms with van der Waals surface area (Å²) < 4.78 is 68.7. The number of halogens is 3. The van der Waals surface area contributed by atoms with Crippen LogP contribution in [-0.4, -0.2) is 29.7 Å². The lowest BCUT2D eigenvalue weighted by Gasteiger charge is -2.10. The first-order valence-corrected chi connectivity index (χ1v) is 12.7. The van der Waals surface area contributed by atoms with Crippen LogP contribution in [0, 0.1) is 24.4 Å². The van der Waals surface area contributed by atoms with Crippen LogP contribution in [0.1, 0.15) is 22.4 Å². The number of amides is 1. The summed E-state index contributed by atoms with van der Waals surface area (Å²) in [6.45, 7) is 1.46. The molecule has 11 heteroatoms. The number of aromatic nitrogens is 2. The Morgan fingerprint density at radius 1 is 0.972 bits per heavy atom.